The maximum atomic E-state index is 12.8. The number of hydrogen-bond donors (Lipinski definition) is 1. The van der Waals surface area contributed by atoms with E-state index in [-0.39, 0.29) is 16.7 Å². The number of rotatable bonds is 7. The van der Waals surface area contributed by atoms with Crippen molar-refractivity contribution in [3.8, 4) is 5.75 Å². The Morgan fingerprint density at radius 1 is 1.10 bits per heavy atom. The zero-order valence-electron chi connectivity index (χ0n) is 18.0. The highest BCUT2D eigenvalue weighted by molar-refractivity contribution is 7.92. The molecule has 0 saturated heterocycles. The van der Waals surface area contributed by atoms with Crippen molar-refractivity contribution in [2.24, 2.45) is 11.8 Å². The first-order valence-electron chi connectivity index (χ1n) is 10.4. The van der Waals surface area contributed by atoms with E-state index in [4.69, 9.17) is 4.74 Å². The standard InChI is InChI=1S/C23H30N2O4S/c1-16(2)15-29-20-9-11-21(12-10-20)30(27,28)24-19-8-7-18-6-5-13-25(22(18)14-19)23(26)17(3)4/h7-12,14,16-17,24H,5-6,13,15H2,1-4H3. The van der Waals surface area contributed by atoms with Crippen LogP contribution in [0.5, 0.6) is 5.75 Å². The monoisotopic (exact) mass is 430 g/mol. The fraction of sp³-hybridized carbons (Fsp3) is 0.435. The van der Waals surface area contributed by atoms with Crippen LogP contribution in [0.3, 0.4) is 0 Å². The summed E-state index contributed by atoms with van der Waals surface area (Å²) in [5.41, 5.74) is 2.29. The minimum absolute atomic E-state index is 0.0490. The van der Waals surface area contributed by atoms with Crippen LogP contribution >= 0.6 is 0 Å². The Balaban J connectivity index is 1.80. The Hall–Kier alpha value is -2.54. The summed E-state index contributed by atoms with van der Waals surface area (Å²) in [5, 5.41) is 0. The molecule has 0 unspecified atom stereocenters. The van der Waals surface area contributed by atoms with Gasteiger partial charge < -0.3 is 9.64 Å². The zero-order valence-corrected chi connectivity index (χ0v) is 18.8. The Bertz CT molecular complexity index is 998. The molecular formula is C23H30N2O4S. The van der Waals surface area contributed by atoms with E-state index >= 15 is 0 Å². The summed E-state index contributed by atoms with van der Waals surface area (Å²) in [6.45, 7) is 9.08. The van der Waals surface area contributed by atoms with Gasteiger partial charge in [-0.05, 0) is 60.7 Å². The quantitative estimate of drug-likeness (QED) is 0.704. The molecule has 0 saturated carbocycles. The number of benzene rings is 2. The summed E-state index contributed by atoms with van der Waals surface area (Å²) < 4.78 is 33.9. The Kier molecular flexibility index (Phi) is 6.71. The lowest BCUT2D eigenvalue weighted by atomic mass is 9.99. The van der Waals surface area contributed by atoms with Crippen molar-refractivity contribution in [2.45, 2.75) is 45.4 Å². The van der Waals surface area contributed by atoms with Gasteiger partial charge in [-0.15, -0.1) is 0 Å². The minimum Gasteiger partial charge on any atom is -0.493 e. The molecule has 0 fully saturated rings. The topological polar surface area (TPSA) is 75.7 Å². The maximum absolute atomic E-state index is 12.8. The summed E-state index contributed by atoms with van der Waals surface area (Å²) in [6.07, 6.45) is 1.78. The summed E-state index contributed by atoms with van der Waals surface area (Å²) >= 11 is 0. The van der Waals surface area contributed by atoms with Gasteiger partial charge in [-0.1, -0.05) is 33.8 Å². The molecule has 0 aliphatic carbocycles. The van der Waals surface area contributed by atoms with Crippen molar-refractivity contribution in [2.75, 3.05) is 22.8 Å². The largest absolute Gasteiger partial charge is 0.493 e. The predicted octanol–water partition coefficient (Wildman–Crippen LogP) is 4.46. The van der Waals surface area contributed by atoms with Gasteiger partial charge in [0.05, 0.1) is 17.2 Å². The van der Waals surface area contributed by atoms with Gasteiger partial charge >= 0.3 is 0 Å². The van der Waals surface area contributed by atoms with E-state index < -0.39 is 10.0 Å². The number of fused-ring (bicyclic) bond motifs is 1. The van der Waals surface area contributed by atoms with Crippen molar-refractivity contribution in [3.05, 3.63) is 48.0 Å². The smallest absolute Gasteiger partial charge is 0.261 e. The van der Waals surface area contributed by atoms with Crippen molar-refractivity contribution in [1.82, 2.24) is 0 Å². The molecular weight excluding hydrogens is 400 g/mol. The van der Waals surface area contributed by atoms with E-state index in [1.807, 2.05) is 19.9 Å². The van der Waals surface area contributed by atoms with Crippen molar-refractivity contribution in [1.29, 1.82) is 0 Å². The average Bonchev–Trinajstić information content (AvgIpc) is 2.71. The van der Waals surface area contributed by atoms with Crippen LogP contribution in [0.1, 0.15) is 39.7 Å². The fourth-order valence-electron chi connectivity index (χ4n) is 3.37. The molecule has 2 aromatic carbocycles. The normalized spacial score (nSPS) is 14.0. The highest BCUT2D eigenvalue weighted by Crippen LogP contribution is 2.32. The lowest BCUT2D eigenvalue weighted by molar-refractivity contribution is -0.121. The number of nitrogens with zero attached hydrogens (tertiary/aromatic N) is 1. The molecule has 1 amide bonds. The van der Waals surface area contributed by atoms with Crippen LogP contribution < -0.4 is 14.4 Å². The van der Waals surface area contributed by atoms with E-state index in [1.54, 1.807) is 29.2 Å². The van der Waals surface area contributed by atoms with Crippen molar-refractivity contribution < 1.29 is 17.9 Å². The third-order valence-electron chi connectivity index (χ3n) is 4.93. The Morgan fingerprint density at radius 2 is 1.80 bits per heavy atom. The first kappa shape index (κ1) is 22.2. The number of anilines is 2. The van der Waals surface area contributed by atoms with Gasteiger partial charge in [-0.25, -0.2) is 8.42 Å². The molecule has 1 N–H and O–H groups in total. The van der Waals surface area contributed by atoms with E-state index in [9.17, 15) is 13.2 Å². The number of carbonyl (C=O) groups excluding carboxylic acids is 1. The van der Waals surface area contributed by atoms with Crippen molar-refractivity contribution in [3.63, 3.8) is 0 Å². The molecule has 1 heterocycles. The molecule has 162 valence electrons. The van der Waals surface area contributed by atoms with Crippen LogP contribution in [0.2, 0.25) is 0 Å². The second-order valence-corrected chi connectivity index (χ2v) is 10.1. The number of amides is 1. The Labute approximate surface area is 179 Å². The lowest BCUT2D eigenvalue weighted by Gasteiger charge is -2.31. The van der Waals surface area contributed by atoms with Gasteiger partial charge in [-0.2, -0.15) is 0 Å². The molecule has 0 aromatic heterocycles. The Morgan fingerprint density at radius 3 is 2.43 bits per heavy atom. The number of aryl methyl sites for hydroxylation is 1. The SMILES string of the molecule is CC(C)COc1ccc(S(=O)(=O)Nc2ccc3c(c2)N(C(=O)C(C)C)CCC3)cc1. The van der Waals surface area contributed by atoms with E-state index in [0.29, 0.717) is 30.5 Å². The molecule has 2 aromatic rings. The van der Waals surface area contributed by atoms with Gasteiger partial charge in [0.1, 0.15) is 5.75 Å². The van der Waals surface area contributed by atoms with Gasteiger partial charge in [0.2, 0.25) is 5.91 Å². The highest BCUT2D eigenvalue weighted by Gasteiger charge is 2.25. The lowest BCUT2D eigenvalue weighted by Crippen LogP contribution is -2.38. The zero-order chi connectivity index (χ0) is 21.9. The van der Waals surface area contributed by atoms with E-state index in [0.717, 1.165) is 24.1 Å². The van der Waals surface area contributed by atoms with Crippen LogP contribution in [0, 0.1) is 11.8 Å². The van der Waals surface area contributed by atoms with Gasteiger partial charge in [0, 0.05) is 18.2 Å². The first-order valence-corrected chi connectivity index (χ1v) is 11.9. The molecule has 7 heteroatoms. The molecule has 6 nitrogen and oxygen atoms in total. The number of sulfonamides is 1. The van der Waals surface area contributed by atoms with Crippen LogP contribution in [0.4, 0.5) is 11.4 Å². The summed E-state index contributed by atoms with van der Waals surface area (Å²) in [7, 11) is -3.75. The number of nitrogens with one attached hydrogen (secondary N) is 1. The molecule has 0 bridgehead atoms. The van der Waals surface area contributed by atoms with Crippen LogP contribution in [-0.2, 0) is 21.2 Å². The third-order valence-corrected chi connectivity index (χ3v) is 6.33. The molecule has 0 atom stereocenters. The van der Waals surface area contributed by atoms with E-state index in [1.165, 1.54) is 12.1 Å². The van der Waals surface area contributed by atoms with Gasteiger partial charge in [-0.3, -0.25) is 9.52 Å². The summed E-state index contributed by atoms with van der Waals surface area (Å²) in [4.78, 5) is 14.5. The maximum Gasteiger partial charge on any atom is 0.261 e. The molecule has 0 spiro atoms. The van der Waals surface area contributed by atoms with Crippen LogP contribution in [0.15, 0.2) is 47.4 Å². The predicted molar refractivity (Wildman–Crippen MR) is 120 cm³/mol. The van der Waals surface area contributed by atoms with Crippen molar-refractivity contribution >= 4 is 27.3 Å². The number of ether oxygens (including phenoxy) is 1. The third kappa shape index (κ3) is 5.14. The van der Waals surface area contributed by atoms with Gasteiger partial charge in [0.15, 0.2) is 0 Å². The van der Waals surface area contributed by atoms with E-state index in [2.05, 4.69) is 18.6 Å². The second kappa shape index (κ2) is 9.08. The molecule has 0 radical (unpaired) electrons. The van der Waals surface area contributed by atoms with Crippen LogP contribution in [0.25, 0.3) is 0 Å². The first-order chi connectivity index (χ1) is 14.2. The number of carbonyl (C=O) groups is 1. The minimum atomic E-state index is -3.75. The average molecular weight is 431 g/mol. The van der Waals surface area contributed by atoms with Gasteiger partial charge in [0.25, 0.3) is 10.0 Å². The fourth-order valence-corrected chi connectivity index (χ4v) is 4.42. The number of hydrogen-bond acceptors (Lipinski definition) is 4. The molecule has 1 aliphatic rings. The van der Waals surface area contributed by atoms with Crippen LogP contribution in [-0.4, -0.2) is 27.5 Å². The second-order valence-electron chi connectivity index (χ2n) is 8.37. The summed E-state index contributed by atoms with van der Waals surface area (Å²) in [6, 6.07) is 11.8. The molecule has 30 heavy (non-hydrogen) atoms. The molecule has 1 aliphatic heterocycles. The highest BCUT2D eigenvalue weighted by atomic mass is 32.2. The summed E-state index contributed by atoms with van der Waals surface area (Å²) in [5.74, 6) is 0.959. The molecule has 3 rings (SSSR count).